The van der Waals surface area contributed by atoms with Gasteiger partial charge in [0, 0.05) is 11.6 Å². The van der Waals surface area contributed by atoms with E-state index in [-0.39, 0.29) is 22.5 Å². The third kappa shape index (κ3) is 4.42. The summed E-state index contributed by atoms with van der Waals surface area (Å²) in [6.45, 7) is 5.64. The highest BCUT2D eigenvalue weighted by Gasteiger charge is 2.36. The first-order valence-corrected chi connectivity index (χ1v) is 11.9. The average molecular weight is 514 g/mol. The van der Waals surface area contributed by atoms with Crippen LogP contribution in [0.25, 0.3) is 6.08 Å². The van der Waals surface area contributed by atoms with Gasteiger partial charge >= 0.3 is 11.9 Å². The summed E-state index contributed by atoms with van der Waals surface area (Å²) in [4.78, 5) is 41.9. The number of fused-ring (bicyclic) bond motifs is 1. The summed E-state index contributed by atoms with van der Waals surface area (Å²) in [6.07, 6.45) is 1.41. The Balaban J connectivity index is 2.00. The molecule has 3 heterocycles. The van der Waals surface area contributed by atoms with Crippen molar-refractivity contribution < 1.29 is 28.3 Å². The molecule has 0 bridgehead atoms. The molecule has 36 heavy (non-hydrogen) atoms. The lowest BCUT2D eigenvalue weighted by Crippen LogP contribution is -2.40. The Morgan fingerprint density at radius 2 is 2.06 bits per heavy atom. The minimum Gasteiger partial charge on any atom is -0.493 e. The lowest BCUT2D eigenvalue weighted by atomic mass is 9.94. The van der Waals surface area contributed by atoms with Crippen LogP contribution in [-0.2, 0) is 9.53 Å². The second-order valence-electron chi connectivity index (χ2n) is 7.55. The summed E-state index contributed by atoms with van der Waals surface area (Å²) in [5.41, 5.74) is 0.654. The van der Waals surface area contributed by atoms with E-state index in [9.17, 15) is 19.7 Å². The van der Waals surface area contributed by atoms with Crippen LogP contribution >= 0.6 is 11.3 Å². The zero-order chi connectivity index (χ0) is 26.0. The summed E-state index contributed by atoms with van der Waals surface area (Å²) in [6, 6.07) is 6.92. The first kappa shape index (κ1) is 24.9. The molecule has 0 saturated carbocycles. The van der Waals surface area contributed by atoms with Crippen LogP contribution in [0.4, 0.5) is 5.88 Å². The number of ether oxygens (including phenoxy) is 3. The van der Waals surface area contributed by atoms with Gasteiger partial charge in [-0.3, -0.25) is 19.5 Å². The number of benzene rings is 1. The highest BCUT2D eigenvalue weighted by molar-refractivity contribution is 7.07. The van der Waals surface area contributed by atoms with Crippen LogP contribution in [0.2, 0.25) is 0 Å². The van der Waals surface area contributed by atoms with Crippen molar-refractivity contribution in [2.45, 2.75) is 26.8 Å². The number of methoxy groups -OCH3 is 1. The van der Waals surface area contributed by atoms with Crippen molar-refractivity contribution in [2.75, 3.05) is 20.3 Å². The van der Waals surface area contributed by atoms with Gasteiger partial charge in [-0.05, 0) is 32.9 Å². The van der Waals surface area contributed by atoms with E-state index in [4.69, 9.17) is 18.6 Å². The Morgan fingerprint density at radius 3 is 2.69 bits per heavy atom. The fourth-order valence-corrected chi connectivity index (χ4v) is 4.97. The number of para-hydroxylation sites is 1. The van der Waals surface area contributed by atoms with E-state index >= 15 is 0 Å². The van der Waals surface area contributed by atoms with E-state index in [0.29, 0.717) is 34.2 Å². The van der Waals surface area contributed by atoms with Crippen LogP contribution in [0, 0.1) is 10.1 Å². The minimum absolute atomic E-state index is 0.139. The van der Waals surface area contributed by atoms with E-state index in [0.717, 1.165) is 11.3 Å². The number of nitrogens with zero attached hydrogens (tertiary/aromatic N) is 3. The summed E-state index contributed by atoms with van der Waals surface area (Å²) < 4.78 is 23.5. The first-order chi connectivity index (χ1) is 17.3. The van der Waals surface area contributed by atoms with Crippen molar-refractivity contribution in [1.82, 2.24) is 4.57 Å². The molecule has 1 aliphatic rings. The van der Waals surface area contributed by atoms with Crippen LogP contribution in [-0.4, -0.2) is 35.8 Å². The molecule has 0 fully saturated rings. The number of hydrogen-bond donors (Lipinski definition) is 0. The van der Waals surface area contributed by atoms with Gasteiger partial charge < -0.3 is 18.6 Å². The normalized spacial score (nSPS) is 15.3. The number of hydrogen-bond acceptors (Lipinski definition) is 10. The lowest BCUT2D eigenvalue weighted by molar-refractivity contribution is -0.402. The highest BCUT2D eigenvalue weighted by atomic mass is 32.1. The van der Waals surface area contributed by atoms with Gasteiger partial charge in [0.05, 0.1) is 42.2 Å². The number of carbonyl (C=O) groups excluding carboxylic acids is 1. The monoisotopic (exact) mass is 513 g/mol. The molecule has 0 radical (unpaired) electrons. The van der Waals surface area contributed by atoms with E-state index in [1.54, 1.807) is 32.0 Å². The standard InChI is InChI=1S/C24H23N3O8S/c1-5-33-21-15(8-7-9-16(21)32-4)20-19(23(29)34-6-2)13(3)25-24-26(20)22(28)17(36-24)12-14-10-11-18(35-14)27(30)31/h7-12,20H,5-6H2,1-4H3/b17-12+/t20-/m0/s1. The van der Waals surface area contributed by atoms with Gasteiger partial charge in [-0.25, -0.2) is 9.79 Å². The summed E-state index contributed by atoms with van der Waals surface area (Å²) in [7, 11) is 1.50. The van der Waals surface area contributed by atoms with E-state index in [1.807, 2.05) is 6.92 Å². The molecule has 0 saturated heterocycles. The Labute approximate surface area is 208 Å². The van der Waals surface area contributed by atoms with Crippen molar-refractivity contribution in [1.29, 1.82) is 0 Å². The predicted octanol–water partition coefficient (Wildman–Crippen LogP) is 2.71. The Hall–Kier alpha value is -4.19. The minimum atomic E-state index is -0.912. The van der Waals surface area contributed by atoms with Gasteiger partial charge in [0.15, 0.2) is 16.3 Å². The lowest BCUT2D eigenvalue weighted by Gasteiger charge is -2.26. The maximum absolute atomic E-state index is 13.7. The van der Waals surface area contributed by atoms with Crippen LogP contribution in [0.1, 0.15) is 38.1 Å². The maximum atomic E-state index is 13.7. The number of carbonyl (C=O) groups is 1. The predicted molar refractivity (Wildman–Crippen MR) is 130 cm³/mol. The van der Waals surface area contributed by atoms with E-state index in [2.05, 4.69) is 4.99 Å². The molecular formula is C24H23N3O8S. The van der Waals surface area contributed by atoms with Gasteiger partial charge in [0.1, 0.15) is 16.7 Å². The molecule has 1 aromatic carbocycles. The van der Waals surface area contributed by atoms with Gasteiger partial charge in [-0.2, -0.15) is 0 Å². The fraction of sp³-hybridized carbons (Fsp3) is 0.292. The second-order valence-corrected chi connectivity index (χ2v) is 8.56. The van der Waals surface area contributed by atoms with Crippen molar-refractivity contribution in [3.63, 3.8) is 0 Å². The van der Waals surface area contributed by atoms with Gasteiger partial charge in [-0.1, -0.05) is 23.5 Å². The zero-order valence-electron chi connectivity index (χ0n) is 20.0. The molecule has 4 rings (SSSR count). The van der Waals surface area contributed by atoms with E-state index in [1.165, 1.54) is 29.9 Å². The molecule has 0 spiro atoms. The van der Waals surface area contributed by atoms with Crippen LogP contribution in [0.3, 0.4) is 0 Å². The molecule has 1 atom stereocenters. The number of esters is 1. The molecule has 11 nitrogen and oxygen atoms in total. The average Bonchev–Trinajstić information content (AvgIpc) is 3.43. The van der Waals surface area contributed by atoms with Gasteiger partial charge in [-0.15, -0.1) is 0 Å². The zero-order valence-corrected chi connectivity index (χ0v) is 20.8. The summed E-state index contributed by atoms with van der Waals surface area (Å²) >= 11 is 1.07. The van der Waals surface area contributed by atoms with Crippen LogP contribution in [0.15, 0.2) is 55.8 Å². The van der Waals surface area contributed by atoms with Crippen molar-refractivity contribution in [3.8, 4) is 11.5 Å². The Morgan fingerprint density at radius 1 is 1.28 bits per heavy atom. The third-order valence-electron chi connectivity index (χ3n) is 5.40. The maximum Gasteiger partial charge on any atom is 0.433 e. The molecule has 1 aliphatic heterocycles. The SMILES string of the molecule is CCOC(=O)C1=C(C)N=c2s/c(=C/c3ccc([N+](=O)[O-])o3)c(=O)n2[C@H]1c1cccc(OC)c1OCC. The largest absolute Gasteiger partial charge is 0.493 e. The number of allylic oxidation sites excluding steroid dienone is 1. The number of thiazole rings is 1. The number of aromatic nitrogens is 1. The highest BCUT2D eigenvalue weighted by Crippen LogP contribution is 2.40. The second kappa shape index (κ2) is 10.2. The molecule has 0 N–H and O–H groups in total. The molecule has 0 amide bonds. The number of furan rings is 1. The van der Waals surface area contributed by atoms with Gasteiger partial charge in [0.25, 0.3) is 5.56 Å². The van der Waals surface area contributed by atoms with Crippen molar-refractivity contribution in [3.05, 3.63) is 82.7 Å². The van der Waals surface area contributed by atoms with Crippen LogP contribution < -0.4 is 24.4 Å². The Kier molecular flexibility index (Phi) is 7.06. The summed E-state index contributed by atoms with van der Waals surface area (Å²) in [5.74, 6) is -0.0752. The topological polar surface area (TPSA) is 135 Å². The Bertz CT molecular complexity index is 1550. The third-order valence-corrected chi connectivity index (χ3v) is 6.38. The molecular weight excluding hydrogens is 490 g/mol. The first-order valence-electron chi connectivity index (χ1n) is 11.0. The van der Waals surface area contributed by atoms with E-state index < -0.39 is 28.4 Å². The van der Waals surface area contributed by atoms with Gasteiger partial charge in [0.2, 0.25) is 0 Å². The molecule has 0 aliphatic carbocycles. The summed E-state index contributed by atoms with van der Waals surface area (Å²) in [5, 5.41) is 11.0. The number of nitro groups is 1. The molecule has 2 aromatic heterocycles. The van der Waals surface area contributed by atoms with Crippen LogP contribution in [0.5, 0.6) is 11.5 Å². The molecule has 188 valence electrons. The molecule has 12 heteroatoms. The fourth-order valence-electron chi connectivity index (χ4n) is 3.94. The quantitative estimate of drug-likeness (QED) is 0.255. The smallest absolute Gasteiger partial charge is 0.433 e. The molecule has 0 unspecified atom stereocenters. The van der Waals surface area contributed by atoms with Crippen molar-refractivity contribution in [2.24, 2.45) is 4.99 Å². The molecule has 3 aromatic rings. The van der Waals surface area contributed by atoms with Crippen molar-refractivity contribution >= 4 is 29.3 Å². The number of rotatable bonds is 8.